The number of aromatic carboxylic acids is 1. The first kappa shape index (κ1) is 12.7. The highest BCUT2D eigenvalue weighted by molar-refractivity contribution is 9.10. The van der Waals surface area contributed by atoms with E-state index in [1.54, 1.807) is 21.6 Å². The maximum absolute atomic E-state index is 11.4. The molecule has 0 amide bonds. The number of hydrogen-bond acceptors (Lipinski definition) is 2. The molecule has 0 fully saturated rings. The van der Waals surface area contributed by atoms with Crippen LogP contribution in [0.3, 0.4) is 0 Å². The first-order chi connectivity index (χ1) is 9.68. The van der Waals surface area contributed by atoms with Crippen molar-refractivity contribution in [3.8, 4) is 11.5 Å². The fourth-order valence-corrected chi connectivity index (χ4v) is 2.47. The quantitative estimate of drug-likeness (QED) is 0.802. The van der Waals surface area contributed by atoms with Gasteiger partial charge in [-0.1, -0.05) is 12.1 Å². The predicted octanol–water partition coefficient (Wildman–Crippen LogP) is 3.12. The molecular weight excluding hydrogens is 322 g/mol. The van der Waals surface area contributed by atoms with Crippen molar-refractivity contribution in [2.24, 2.45) is 0 Å². The van der Waals surface area contributed by atoms with Crippen molar-refractivity contribution in [3.05, 3.63) is 65.0 Å². The van der Waals surface area contributed by atoms with E-state index in [1.807, 2.05) is 36.4 Å². The van der Waals surface area contributed by atoms with E-state index in [9.17, 15) is 9.90 Å². The zero-order valence-corrected chi connectivity index (χ0v) is 11.9. The minimum Gasteiger partial charge on any atom is -0.477 e. The van der Waals surface area contributed by atoms with Gasteiger partial charge in [0.2, 0.25) is 0 Å². The smallest absolute Gasteiger partial charge is 0.341 e. The highest BCUT2D eigenvalue weighted by atomic mass is 79.9. The summed E-state index contributed by atoms with van der Waals surface area (Å²) < 4.78 is 4.18. The Morgan fingerprint density at radius 1 is 1.15 bits per heavy atom. The molecule has 100 valence electrons. The van der Waals surface area contributed by atoms with E-state index in [0.717, 1.165) is 10.2 Å². The normalized spacial score (nSPS) is 10.7. The lowest BCUT2D eigenvalue weighted by molar-refractivity contribution is 0.0697. The van der Waals surface area contributed by atoms with Crippen molar-refractivity contribution < 1.29 is 9.90 Å². The van der Waals surface area contributed by atoms with E-state index < -0.39 is 5.97 Å². The number of para-hydroxylation sites is 1. The van der Waals surface area contributed by atoms with E-state index in [4.69, 9.17) is 0 Å². The Morgan fingerprint density at radius 3 is 2.50 bits per heavy atom. The Hall–Kier alpha value is -2.34. The van der Waals surface area contributed by atoms with Crippen LogP contribution in [0, 0.1) is 0 Å². The van der Waals surface area contributed by atoms with Crippen LogP contribution < -0.4 is 0 Å². The standard InChI is InChI=1S/C14H10BrN3O2/c15-11-5-1-2-6-12(11)18-13(17-7-3-4-8-17)10(9-16-18)14(19)20/h1-9H,(H,19,20). The van der Waals surface area contributed by atoms with Gasteiger partial charge in [0, 0.05) is 16.9 Å². The lowest BCUT2D eigenvalue weighted by Gasteiger charge is -2.11. The van der Waals surface area contributed by atoms with Crippen LogP contribution in [0.2, 0.25) is 0 Å². The van der Waals surface area contributed by atoms with Gasteiger partial charge in [-0.25, -0.2) is 9.48 Å². The SMILES string of the molecule is O=C(O)c1cnn(-c2ccccc2Br)c1-n1cccc1. The van der Waals surface area contributed by atoms with Gasteiger partial charge in [0.25, 0.3) is 0 Å². The van der Waals surface area contributed by atoms with Gasteiger partial charge in [-0.05, 0) is 40.2 Å². The number of benzene rings is 1. The molecule has 3 rings (SSSR count). The number of aromatic nitrogens is 3. The molecule has 0 atom stereocenters. The molecular formula is C14H10BrN3O2. The summed E-state index contributed by atoms with van der Waals surface area (Å²) in [5.74, 6) is -0.513. The highest BCUT2D eigenvalue weighted by Crippen LogP contribution is 2.25. The van der Waals surface area contributed by atoms with Crippen LogP contribution in [-0.2, 0) is 0 Å². The van der Waals surface area contributed by atoms with E-state index in [1.165, 1.54) is 6.20 Å². The van der Waals surface area contributed by atoms with Crippen LogP contribution in [0.5, 0.6) is 0 Å². The maximum Gasteiger partial charge on any atom is 0.341 e. The second kappa shape index (κ2) is 4.97. The molecule has 0 bridgehead atoms. The monoisotopic (exact) mass is 331 g/mol. The van der Waals surface area contributed by atoms with Gasteiger partial charge in [-0.2, -0.15) is 5.10 Å². The molecule has 6 heteroatoms. The van der Waals surface area contributed by atoms with Crippen molar-refractivity contribution in [3.63, 3.8) is 0 Å². The predicted molar refractivity (Wildman–Crippen MR) is 77.6 cm³/mol. The molecule has 2 aromatic heterocycles. The first-order valence-electron chi connectivity index (χ1n) is 5.88. The summed E-state index contributed by atoms with van der Waals surface area (Å²) in [7, 11) is 0. The Balaban J connectivity index is 2.28. The molecule has 0 spiro atoms. The summed E-state index contributed by atoms with van der Waals surface area (Å²) in [6.07, 6.45) is 4.94. The number of carbonyl (C=O) groups is 1. The van der Waals surface area contributed by atoms with Crippen molar-refractivity contribution in [1.29, 1.82) is 0 Å². The third-order valence-electron chi connectivity index (χ3n) is 2.90. The van der Waals surface area contributed by atoms with E-state index in [2.05, 4.69) is 21.0 Å². The largest absolute Gasteiger partial charge is 0.477 e. The first-order valence-corrected chi connectivity index (χ1v) is 6.67. The number of nitrogens with zero attached hydrogens (tertiary/aromatic N) is 3. The molecule has 2 heterocycles. The molecule has 1 N–H and O–H groups in total. The zero-order chi connectivity index (χ0) is 14.1. The second-order valence-electron chi connectivity index (χ2n) is 4.14. The number of rotatable bonds is 3. The topological polar surface area (TPSA) is 60.0 Å². The van der Waals surface area contributed by atoms with Crippen molar-refractivity contribution in [1.82, 2.24) is 14.3 Å². The third-order valence-corrected chi connectivity index (χ3v) is 3.57. The Kier molecular flexibility index (Phi) is 3.15. The van der Waals surface area contributed by atoms with E-state index >= 15 is 0 Å². The van der Waals surface area contributed by atoms with Crippen molar-refractivity contribution >= 4 is 21.9 Å². The van der Waals surface area contributed by atoms with Gasteiger partial charge in [0.05, 0.1) is 11.9 Å². The molecule has 0 saturated heterocycles. The van der Waals surface area contributed by atoms with Crippen LogP contribution in [0.1, 0.15) is 10.4 Å². The average Bonchev–Trinajstić information content (AvgIpc) is 3.07. The summed E-state index contributed by atoms with van der Waals surface area (Å²) in [6.45, 7) is 0. The number of hydrogen-bond donors (Lipinski definition) is 1. The number of carboxylic acids is 1. The van der Waals surface area contributed by atoms with Crippen LogP contribution in [0.4, 0.5) is 0 Å². The van der Waals surface area contributed by atoms with Gasteiger partial charge in [0.15, 0.2) is 5.82 Å². The lowest BCUT2D eigenvalue weighted by atomic mass is 10.3. The number of carboxylic acid groups (broad SMARTS) is 1. The van der Waals surface area contributed by atoms with E-state index in [0.29, 0.717) is 5.82 Å². The molecule has 20 heavy (non-hydrogen) atoms. The zero-order valence-electron chi connectivity index (χ0n) is 10.3. The van der Waals surface area contributed by atoms with E-state index in [-0.39, 0.29) is 5.56 Å². The minimum absolute atomic E-state index is 0.150. The summed E-state index contributed by atoms with van der Waals surface area (Å²) in [5, 5.41) is 13.5. The van der Waals surface area contributed by atoms with Gasteiger partial charge in [0.1, 0.15) is 5.56 Å². The van der Waals surface area contributed by atoms with Crippen LogP contribution in [-0.4, -0.2) is 25.4 Å². The fraction of sp³-hybridized carbons (Fsp3) is 0. The van der Waals surface area contributed by atoms with Gasteiger partial charge in [-0.3, -0.25) is 0 Å². The summed E-state index contributed by atoms with van der Waals surface area (Å²) >= 11 is 3.46. The molecule has 0 saturated carbocycles. The van der Waals surface area contributed by atoms with Gasteiger partial charge < -0.3 is 9.67 Å². The van der Waals surface area contributed by atoms with Crippen molar-refractivity contribution in [2.75, 3.05) is 0 Å². The number of halogens is 1. The summed E-state index contributed by atoms with van der Waals surface area (Å²) in [4.78, 5) is 11.4. The molecule has 0 aliphatic rings. The summed E-state index contributed by atoms with van der Waals surface area (Å²) in [5.41, 5.74) is 0.931. The molecule has 0 radical (unpaired) electrons. The Morgan fingerprint density at radius 2 is 1.85 bits per heavy atom. The molecule has 0 unspecified atom stereocenters. The highest BCUT2D eigenvalue weighted by Gasteiger charge is 2.19. The minimum atomic E-state index is -1.01. The Bertz CT molecular complexity index is 763. The van der Waals surface area contributed by atoms with Gasteiger partial charge in [-0.15, -0.1) is 0 Å². The second-order valence-corrected chi connectivity index (χ2v) is 4.99. The molecule has 0 aliphatic heterocycles. The maximum atomic E-state index is 11.4. The van der Waals surface area contributed by atoms with Crippen LogP contribution >= 0.6 is 15.9 Å². The lowest BCUT2D eigenvalue weighted by Crippen LogP contribution is -2.08. The van der Waals surface area contributed by atoms with Crippen LogP contribution in [0.15, 0.2) is 59.5 Å². The average molecular weight is 332 g/mol. The molecule has 0 aliphatic carbocycles. The molecule has 1 aromatic carbocycles. The van der Waals surface area contributed by atoms with Crippen LogP contribution in [0.25, 0.3) is 11.5 Å². The molecule has 5 nitrogen and oxygen atoms in total. The third kappa shape index (κ3) is 2.04. The fourth-order valence-electron chi connectivity index (χ4n) is 2.02. The summed E-state index contributed by atoms with van der Waals surface area (Å²) in [6, 6.07) is 11.2. The van der Waals surface area contributed by atoms with Crippen molar-refractivity contribution in [2.45, 2.75) is 0 Å². The molecule has 3 aromatic rings. The van der Waals surface area contributed by atoms with Gasteiger partial charge >= 0.3 is 5.97 Å². The Labute approximate surface area is 123 Å².